The molecule has 0 aliphatic carbocycles. The summed E-state index contributed by atoms with van der Waals surface area (Å²) in [6.45, 7) is 9.06. The fraction of sp³-hybridized carbons (Fsp3) is 0.824. The first-order valence-corrected chi connectivity index (χ1v) is 8.62. The van der Waals surface area contributed by atoms with E-state index in [0.717, 1.165) is 12.8 Å². The molecule has 2 amide bonds. The molecule has 7 heteroatoms. The first-order valence-electron chi connectivity index (χ1n) is 8.62. The van der Waals surface area contributed by atoms with Crippen molar-refractivity contribution in [2.24, 2.45) is 5.92 Å². The van der Waals surface area contributed by atoms with Crippen molar-refractivity contribution in [1.29, 1.82) is 0 Å². The van der Waals surface area contributed by atoms with Crippen molar-refractivity contribution in [3.05, 3.63) is 0 Å². The fourth-order valence-electron chi connectivity index (χ4n) is 2.76. The number of carboxylic acids is 1. The highest BCUT2D eigenvalue weighted by Crippen LogP contribution is 2.21. The molecule has 1 aliphatic heterocycles. The van der Waals surface area contributed by atoms with Crippen molar-refractivity contribution < 1.29 is 24.2 Å². The first kappa shape index (κ1) is 20.3. The summed E-state index contributed by atoms with van der Waals surface area (Å²) in [5.41, 5.74) is -0.566. The lowest BCUT2D eigenvalue weighted by atomic mass is 9.96. The molecule has 0 aromatic rings. The predicted molar refractivity (Wildman–Crippen MR) is 89.7 cm³/mol. The molecule has 0 spiro atoms. The number of likely N-dealkylation sites (tertiary alicyclic amines) is 1. The molecule has 1 unspecified atom stereocenters. The van der Waals surface area contributed by atoms with Gasteiger partial charge < -0.3 is 19.6 Å². The maximum absolute atomic E-state index is 12.7. The molecule has 1 atom stereocenters. The molecule has 0 aromatic heterocycles. The predicted octanol–water partition coefficient (Wildman–Crippen LogP) is 2.35. The molecule has 1 rings (SSSR count). The number of nitrogens with zero attached hydrogens (tertiary/aromatic N) is 2. The quantitative estimate of drug-likeness (QED) is 0.800. The van der Waals surface area contributed by atoms with Gasteiger partial charge in [0.1, 0.15) is 5.60 Å². The van der Waals surface area contributed by atoms with Crippen LogP contribution in [-0.2, 0) is 14.3 Å². The summed E-state index contributed by atoms with van der Waals surface area (Å²) in [7, 11) is 0. The number of aliphatic carboxylic acids is 1. The molecule has 1 aliphatic rings. The molecule has 0 aromatic carbocycles. The zero-order valence-corrected chi connectivity index (χ0v) is 15.2. The Morgan fingerprint density at radius 1 is 1.25 bits per heavy atom. The zero-order chi connectivity index (χ0) is 18.3. The minimum atomic E-state index is -0.914. The molecular weight excluding hydrogens is 312 g/mol. The van der Waals surface area contributed by atoms with E-state index in [1.165, 1.54) is 0 Å². The summed E-state index contributed by atoms with van der Waals surface area (Å²) in [6, 6.07) is 0. The van der Waals surface area contributed by atoms with Gasteiger partial charge in [0.15, 0.2) is 0 Å². The summed E-state index contributed by atoms with van der Waals surface area (Å²) in [5.74, 6) is -1.26. The molecular formula is C17H30N2O5. The third-order valence-electron chi connectivity index (χ3n) is 3.82. The van der Waals surface area contributed by atoms with Crippen LogP contribution >= 0.6 is 0 Å². The second-order valence-electron chi connectivity index (χ2n) is 7.23. The van der Waals surface area contributed by atoms with E-state index < -0.39 is 17.7 Å². The molecule has 0 radical (unpaired) electrons. The number of carboxylic acid groups (broad SMARTS) is 1. The molecule has 1 heterocycles. The number of hydrogen-bond donors (Lipinski definition) is 1. The average Bonchev–Trinajstić information content (AvgIpc) is 2.49. The van der Waals surface area contributed by atoms with Gasteiger partial charge in [0.05, 0.1) is 12.3 Å². The Balaban J connectivity index is 2.68. The van der Waals surface area contributed by atoms with Gasteiger partial charge in [0.25, 0.3) is 0 Å². The van der Waals surface area contributed by atoms with Crippen molar-refractivity contribution in [2.75, 3.05) is 26.2 Å². The minimum absolute atomic E-state index is 0.0613. The van der Waals surface area contributed by atoms with Crippen LogP contribution in [0, 0.1) is 5.92 Å². The highest BCUT2D eigenvalue weighted by atomic mass is 16.6. The minimum Gasteiger partial charge on any atom is -0.481 e. The van der Waals surface area contributed by atoms with Gasteiger partial charge in [-0.2, -0.15) is 0 Å². The molecule has 1 fully saturated rings. The lowest BCUT2D eigenvalue weighted by Gasteiger charge is -2.35. The van der Waals surface area contributed by atoms with Crippen molar-refractivity contribution in [1.82, 2.24) is 9.80 Å². The lowest BCUT2D eigenvalue weighted by molar-refractivity contribution is -0.140. The monoisotopic (exact) mass is 342 g/mol. The van der Waals surface area contributed by atoms with Crippen molar-refractivity contribution in [3.8, 4) is 0 Å². The summed E-state index contributed by atoms with van der Waals surface area (Å²) in [5, 5.41) is 8.84. The highest BCUT2D eigenvalue weighted by molar-refractivity contribution is 5.80. The molecule has 0 bridgehead atoms. The topological polar surface area (TPSA) is 87.2 Å². The van der Waals surface area contributed by atoms with E-state index in [0.29, 0.717) is 26.1 Å². The lowest BCUT2D eigenvalue weighted by Crippen LogP contribution is -2.48. The number of carbonyl (C=O) groups is 3. The van der Waals surface area contributed by atoms with Gasteiger partial charge in [-0.3, -0.25) is 9.59 Å². The molecule has 1 N–H and O–H groups in total. The van der Waals surface area contributed by atoms with Crippen LogP contribution in [0.2, 0.25) is 0 Å². The van der Waals surface area contributed by atoms with Gasteiger partial charge in [-0.05, 0) is 40.0 Å². The molecule has 138 valence electrons. The Bertz CT molecular complexity index is 458. The molecule has 24 heavy (non-hydrogen) atoms. The summed E-state index contributed by atoms with van der Waals surface area (Å²) in [4.78, 5) is 38.9. The van der Waals surface area contributed by atoms with Crippen LogP contribution in [0.3, 0.4) is 0 Å². The number of hydrogen-bond acceptors (Lipinski definition) is 4. The Morgan fingerprint density at radius 2 is 1.92 bits per heavy atom. The molecule has 0 saturated carbocycles. The van der Waals surface area contributed by atoms with Crippen LogP contribution in [0.25, 0.3) is 0 Å². The van der Waals surface area contributed by atoms with Gasteiger partial charge >= 0.3 is 12.1 Å². The van der Waals surface area contributed by atoms with E-state index in [1.54, 1.807) is 9.80 Å². The van der Waals surface area contributed by atoms with E-state index in [9.17, 15) is 14.4 Å². The number of piperidine rings is 1. The average molecular weight is 342 g/mol. The van der Waals surface area contributed by atoms with E-state index in [2.05, 4.69) is 0 Å². The Hall–Kier alpha value is -1.79. The summed E-state index contributed by atoms with van der Waals surface area (Å²) < 4.78 is 5.38. The van der Waals surface area contributed by atoms with Crippen molar-refractivity contribution >= 4 is 18.0 Å². The molecule has 7 nitrogen and oxygen atoms in total. The maximum atomic E-state index is 12.7. The van der Waals surface area contributed by atoms with E-state index in [-0.39, 0.29) is 24.8 Å². The van der Waals surface area contributed by atoms with Crippen LogP contribution in [0.15, 0.2) is 0 Å². The number of ether oxygens (including phenoxy) is 1. The Morgan fingerprint density at radius 3 is 2.46 bits per heavy atom. The smallest absolute Gasteiger partial charge is 0.410 e. The third-order valence-corrected chi connectivity index (χ3v) is 3.82. The summed E-state index contributed by atoms with van der Waals surface area (Å²) in [6.07, 6.45) is 1.77. The second kappa shape index (κ2) is 8.89. The van der Waals surface area contributed by atoms with Crippen molar-refractivity contribution in [2.45, 2.75) is 59.0 Å². The maximum Gasteiger partial charge on any atom is 0.410 e. The van der Waals surface area contributed by atoms with Gasteiger partial charge in [-0.25, -0.2) is 4.79 Å². The summed E-state index contributed by atoms with van der Waals surface area (Å²) >= 11 is 0. The fourth-order valence-corrected chi connectivity index (χ4v) is 2.76. The second-order valence-corrected chi connectivity index (χ2v) is 7.23. The number of rotatable bonds is 6. The first-order chi connectivity index (χ1) is 11.1. The number of carbonyl (C=O) groups excluding carboxylic acids is 2. The van der Waals surface area contributed by atoms with Crippen LogP contribution in [-0.4, -0.2) is 64.7 Å². The third kappa shape index (κ3) is 6.76. The van der Waals surface area contributed by atoms with Gasteiger partial charge in [-0.1, -0.05) is 6.92 Å². The van der Waals surface area contributed by atoms with E-state index in [4.69, 9.17) is 9.84 Å². The standard InChI is InChI=1S/C17H30N2O5/c1-5-9-18(11-8-14(20)21)15(22)13-7-6-10-19(12-13)16(23)24-17(2,3)4/h13H,5-12H2,1-4H3,(H,20,21). The number of amides is 2. The van der Waals surface area contributed by atoms with Crippen LogP contribution in [0.1, 0.15) is 53.4 Å². The van der Waals surface area contributed by atoms with Crippen LogP contribution in [0.4, 0.5) is 4.79 Å². The van der Waals surface area contributed by atoms with Crippen LogP contribution < -0.4 is 0 Å². The van der Waals surface area contributed by atoms with Gasteiger partial charge in [0, 0.05) is 26.2 Å². The molecule has 1 saturated heterocycles. The largest absolute Gasteiger partial charge is 0.481 e. The van der Waals surface area contributed by atoms with E-state index in [1.807, 2.05) is 27.7 Å². The Kier molecular flexibility index (Phi) is 7.51. The van der Waals surface area contributed by atoms with E-state index >= 15 is 0 Å². The normalized spacial score (nSPS) is 18.2. The van der Waals surface area contributed by atoms with Crippen LogP contribution in [0.5, 0.6) is 0 Å². The zero-order valence-electron chi connectivity index (χ0n) is 15.2. The highest BCUT2D eigenvalue weighted by Gasteiger charge is 2.33. The van der Waals surface area contributed by atoms with Gasteiger partial charge in [-0.15, -0.1) is 0 Å². The SMILES string of the molecule is CCCN(CCC(=O)O)C(=O)C1CCCN(C(=O)OC(C)(C)C)C1. The van der Waals surface area contributed by atoms with Crippen molar-refractivity contribution in [3.63, 3.8) is 0 Å². The van der Waals surface area contributed by atoms with Gasteiger partial charge in [0.2, 0.25) is 5.91 Å². The Labute approximate surface area is 143 Å².